The van der Waals surface area contributed by atoms with Gasteiger partial charge in [0.25, 0.3) is 10.2 Å². The molecular weight excluding hydrogens is 252 g/mol. The van der Waals surface area contributed by atoms with Crippen LogP contribution in [0.3, 0.4) is 0 Å². The van der Waals surface area contributed by atoms with Gasteiger partial charge in [0.1, 0.15) is 5.75 Å². The molecular formula is C12H18N2O3S. The molecule has 1 N–H and O–H groups in total. The first kappa shape index (κ1) is 13.3. The van der Waals surface area contributed by atoms with E-state index in [1.807, 2.05) is 31.2 Å². The molecule has 1 aromatic rings. The lowest BCUT2D eigenvalue weighted by molar-refractivity contribution is 0.313. The van der Waals surface area contributed by atoms with Crippen LogP contribution in [-0.4, -0.2) is 40.0 Å². The monoisotopic (exact) mass is 270 g/mol. The topological polar surface area (TPSA) is 58.6 Å². The van der Waals surface area contributed by atoms with Crippen molar-refractivity contribution in [2.45, 2.75) is 12.3 Å². The van der Waals surface area contributed by atoms with Crippen LogP contribution >= 0.6 is 0 Å². The first-order valence-electron chi connectivity index (χ1n) is 5.73. The van der Waals surface area contributed by atoms with Gasteiger partial charge in [-0.3, -0.25) is 0 Å². The van der Waals surface area contributed by atoms with E-state index in [-0.39, 0.29) is 5.41 Å². The second-order valence-corrected chi connectivity index (χ2v) is 6.73. The summed E-state index contributed by atoms with van der Waals surface area (Å²) in [7, 11) is -0.0839. The smallest absolute Gasteiger partial charge is 0.279 e. The molecule has 1 aliphatic heterocycles. The quantitative estimate of drug-likeness (QED) is 0.862. The van der Waals surface area contributed by atoms with Gasteiger partial charge in [0.2, 0.25) is 0 Å². The van der Waals surface area contributed by atoms with Crippen LogP contribution in [0.1, 0.15) is 12.5 Å². The van der Waals surface area contributed by atoms with Gasteiger partial charge in [-0.2, -0.15) is 12.7 Å². The molecule has 1 fully saturated rings. The molecule has 0 radical (unpaired) electrons. The first-order chi connectivity index (χ1) is 8.37. The highest BCUT2D eigenvalue weighted by Crippen LogP contribution is 2.29. The Labute approximate surface area is 108 Å². The predicted octanol–water partition coefficient (Wildman–Crippen LogP) is 0.733. The number of nitrogens with zero attached hydrogens (tertiary/aromatic N) is 1. The number of nitrogens with one attached hydrogen (secondary N) is 1. The maximum atomic E-state index is 11.6. The highest BCUT2D eigenvalue weighted by Gasteiger charge is 2.37. The van der Waals surface area contributed by atoms with Gasteiger partial charge >= 0.3 is 0 Å². The van der Waals surface area contributed by atoms with Crippen molar-refractivity contribution < 1.29 is 13.2 Å². The molecule has 0 amide bonds. The minimum Gasteiger partial charge on any atom is -0.497 e. The van der Waals surface area contributed by atoms with E-state index in [1.54, 1.807) is 14.2 Å². The largest absolute Gasteiger partial charge is 0.497 e. The third-order valence-corrected chi connectivity index (χ3v) is 4.87. The van der Waals surface area contributed by atoms with Crippen LogP contribution in [0.15, 0.2) is 24.3 Å². The Morgan fingerprint density at radius 3 is 2.44 bits per heavy atom. The Hall–Kier alpha value is -1.11. The molecule has 0 saturated carbocycles. The number of hydrogen-bond donors (Lipinski definition) is 1. The van der Waals surface area contributed by atoms with E-state index >= 15 is 0 Å². The first-order valence-corrected chi connectivity index (χ1v) is 7.17. The lowest BCUT2D eigenvalue weighted by atomic mass is 9.82. The predicted molar refractivity (Wildman–Crippen MR) is 69.9 cm³/mol. The fourth-order valence-electron chi connectivity index (χ4n) is 2.18. The second-order valence-electron chi connectivity index (χ2n) is 4.87. The van der Waals surface area contributed by atoms with E-state index in [4.69, 9.17) is 4.74 Å². The summed E-state index contributed by atoms with van der Waals surface area (Å²) in [6.45, 7) is 2.92. The summed E-state index contributed by atoms with van der Waals surface area (Å²) >= 11 is 0. The highest BCUT2D eigenvalue weighted by atomic mass is 32.2. The lowest BCUT2D eigenvalue weighted by Gasteiger charge is -2.38. The van der Waals surface area contributed by atoms with Crippen LogP contribution in [0.4, 0.5) is 0 Å². The number of rotatable bonds is 2. The standard InChI is InChI=1S/C12H18N2O3S/c1-12(8-13-18(15,16)14(2)9-12)10-4-6-11(17-3)7-5-10/h4-7,13H,8-9H2,1-3H3/t12-/m1/s1. The number of methoxy groups -OCH3 is 1. The average Bonchev–Trinajstić information content (AvgIpc) is 2.35. The lowest BCUT2D eigenvalue weighted by Crippen LogP contribution is -2.56. The zero-order valence-corrected chi connectivity index (χ0v) is 11.6. The Morgan fingerprint density at radius 2 is 1.94 bits per heavy atom. The average molecular weight is 270 g/mol. The number of hydrogen-bond acceptors (Lipinski definition) is 3. The Balaban J connectivity index is 2.26. The Kier molecular flexibility index (Phi) is 3.35. The molecule has 0 spiro atoms. The van der Waals surface area contributed by atoms with E-state index in [0.717, 1.165) is 11.3 Å². The zero-order chi connectivity index (χ0) is 13.4. The summed E-state index contributed by atoms with van der Waals surface area (Å²) in [5, 5.41) is 0. The molecule has 1 aliphatic rings. The van der Waals surface area contributed by atoms with Gasteiger partial charge in [-0.05, 0) is 17.7 Å². The Bertz CT molecular complexity index is 527. The van der Waals surface area contributed by atoms with Crippen molar-refractivity contribution in [3.63, 3.8) is 0 Å². The molecule has 0 aliphatic carbocycles. The second kappa shape index (κ2) is 4.53. The minimum atomic E-state index is -3.29. The molecule has 5 nitrogen and oxygen atoms in total. The number of ether oxygens (including phenoxy) is 1. The van der Waals surface area contributed by atoms with E-state index in [1.165, 1.54) is 4.31 Å². The summed E-state index contributed by atoms with van der Waals surface area (Å²) in [5.41, 5.74) is 0.865. The molecule has 0 unspecified atom stereocenters. The zero-order valence-electron chi connectivity index (χ0n) is 10.8. The van der Waals surface area contributed by atoms with E-state index in [0.29, 0.717) is 13.1 Å². The van der Waals surface area contributed by atoms with Gasteiger partial charge in [-0.1, -0.05) is 19.1 Å². The molecule has 0 aromatic heterocycles. The van der Waals surface area contributed by atoms with Crippen LogP contribution in [0.25, 0.3) is 0 Å². The van der Waals surface area contributed by atoms with Gasteiger partial charge in [-0.15, -0.1) is 0 Å². The number of benzene rings is 1. The third-order valence-electron chi connectivity index (χ3n) is 3.41. The van der Waals surface area contributed by atoms with Crippen LogP contribution < -0.4 is 9.46 Å². The van der Waals surface area contributed by atoms with Crippen molar-refractivity contribution in [1.82, 2.24) is 9.03 Å². The molecule has 1 saturated heterocycles. The van der Waals surface area contributed by atoms with Gasteiger partial charge in [0.05, 0.1) is 7.11 Å². The Morgan fingerprint density at radius 1 is 1.33 bits per heavy atom. The van der Waals surface area contributed by atoms with Crippen molar-refractivity contribution >= 4 is 10.2 Å². The third kappa shape index (κ3) is 2.36. The van der Waals surface area contributed by atoms with Crippen LogP contribution in [0.2, 0.25) is 0 Å². The van der Waals surface area contributed by atoms with Gasteiger partial charge in [0.15, 0.2) is 0 Å². The SMILES string of the molecule is COc1ccc([C@]2(C)CNS(=O)(=O)N(C)C2)cc1. The van der Waals surface area contributed by atoms with Gasteiger partial charge in [-0.25, -0.2) is 4.72 Å². The van der Waals surface area contributed by atoms with E-state index in [9.17, 15) is 8.42 Å². The molecule has 100 valence electrons. The van der Waals surface area contributed by atoms with E-state index < -0.39 is 10.2 Å². The summed E-state index contributed by atoms with van der Waals surface area (Å²) in [6.07, 6.45) is 0. The van der Waals surface area contributed by atoms with Gasteiger partial charge < -0.3 is 4.74 Å². The molecule has 0 bridgehead atoms. The van der Waals surface area contributed by atoms with Crippen molar-refractivity contribution in [3.8, 4) is 5.75 Å². The summed E-state index contributed by atoms with van der Waals surface area (Å²) in [4.78, 5) is 0. The summed E-state index contributed by atoms with van der Waals surface area (Å²) in [5.74, 6) is 0.798. The van der Waals surface area contributed by atoms with E-state index in [2.05, 4.69) is 4.72 Å². The van der Waals surface area contributed by atoms with Crippen LogP contribution in [-0.2, 0) is 15.6 Å². The van der Waals surface area contributed by atoms with Crippen molar-refractivity contribution in [2.75, 3.05) is 27.2 Å². The molecule has 18 heavy (non-hydrogen) atoms. The van der Waals surface area contributed by atoms with Crippen LogP contribution in [0.5, 0.6) is 5.75 Å². The fraction of sp³-hybridized carbons (Fsp3) is 0.500. The minimum absolute atomic E-state index is 0.230. The maximum Gasteiger partial charge on any atom is 0.279 e. The maximum absolute atomic E-state index is 11.6. The molecule has 6 heteroatoms. The summed E-state index contributed by atoms with van der Waals surface area (Å²) < 4.78 is 32.3. The van der Waals surface area contributed by atoms with Gasteiger partial charge in [0, 0.05) is 25.6 Å². The molecule has 1 aromatic carbocycles. The summed E-state index contributed by atoms with van der Waals surface area (Å²) in [6, 6.07) is 7.74. The molecule has 2 rings (SSSR count). The van der Waals surface area contributed by atoms with Crippen molar-refractivity contribution in [1.29, 1.82) is 0 Å². The highest BCUT2D eigenvalue weighted by molar-refractivity contribution is 7.87. The van der Waals surface area contributed by atoms with Crippen molar-refractivity contribution in [3.05, 3.63) is 29.8 Å². The fourth-order valence-corrected chi connectivity index (χ4v) is 3.36. The number of likely N-dealkylation sites (N-methyl/N-ethyl adjacent to an activating group) is 1. The molecule has 1 heterocycles. The molecule has 1 atom stereocenters. The van der Waals surface area contributed by atoms with Crippen LogP contribution in [0, 0.1) is 0 Å². The normalized spacial score (nSPS) is 27.9. The van der Waals surface area contributed by atoms with Crippen molar-refractivity contribution in [2.24, 2.45) is 0 Å².